The molecule has 0 aliphatic rings. The largest absolute Gasteiger partial charge is 0.478 e. The van der Waals surface area contributed by atoms with Gasteiger partial charge in [-0.15, -0.1) is 0 Å². The number of carbonyl (C=O) groups excluding carboxylic acids is 1. The van der Waals surface area contributed by atoms with Crippen LogP contribution in [0.3, 0.4) is 0 Å². The number of rotatable bonds is 5. The molecule has 6 heteroatoms. The second-order valence-electron chi connectivity index (χ2n) is 4.95. The van der Waals surface area contributed by atoms with E-state index < -0.39 is 5.97 Å². The Morgan fingerprint density at radius 3 is 2.62 bits per heavy atom. The highest BCUT2D eigenvalue weighted by molar-refractivity contribution is 5.97. The highest BCUT2D eigenvalue weighted by atomic mass is 16.4. The minimum Gasteiger partial charge on any atom is -0.478 e. The molecule has 0 saturated carbocycles. The summed E-state index contributed by atoms with van der Waals surface area (Å²) in [4.78, 5) is 22.9. The Balaban J connectivity index is 2.01. The molecule has 0 aliphatic heterocycles. The Labute approximate surface area is 122 Å². The zero-order valence-electron chi connectivity index (χ0n) is 11.9. The third-order valence-electron chi connectivity index (χ3n) is 2.99. The molecular formula is C15H17N3O3. The molecule has 2 N–H and O–H groups in total. The molecule has 0 bridgehead atoms. The number of hydrogen-bond acceptors (Lipinski definition) is 3. The number of nitrogens with one attached hydrogen (secondary N) is 1. The molecule has 6 nitrogen and oxygen atoms in total. The van der Waals surface area contributed by atoms with Gasteiger partial charge in [-0.25, -0.2) is 4.79 Å². The quantitative estimate of drug-likeness (QED) is 0.882. The van der Waals surface area contributed by atoms with Crippen molar-refractivity contribution in [2.75, 3.05) is 0 Å². The summed E-state index contributed by atoms with van der Waals surface area (Å²) in [6.07, 6.45) is 1.86. The van der Waals surface area contributed by atoms with Crippen molar-refractivity contribution in [3.8, 4) is 0 Å². The van der Waals surface area contributed by atoms with Gasteiger partial charge < -0.3 is 10.4 Å². The first-order valence-corrected chi connectivity index (χ1v) is 6.63. The van der Waals surface area contributed by atoms with Gasteiger partial charge in [0.15, 0.2) is 0 Å². The maximum Gasteiger partial charge on any atom is 0.335 e. The summed E-state index contributed by atoms with van der Waals surface area (Å²) in [5, 5.41) is 16.0. The van der Waals surface area contributed by atoms with Gasteiger partial charge in [-0.1, -0.05) is 6.07 Å². The Hall–Kier alpha value is -2.63. The lowest BCUT2D eigenvalue weighted by molar-refractivity contribution is 0.0697. The molecule has 2 aromatic rings. The van der Waals surface area contributed by atoms with Crippen LogP contribution in [0.1, 0.15) is 46.3 Å². The van der Waals surface area contributed by atoms with Crippen molar-refractivity contribution in [3.63, 3.8) is 0 Å². The first kappa shape index (κ1) is 14.8. The molecular weight excluding hydrogens is 270 g/mol. The fraction of sp³-hybridized carbons (Fsp3) is 0.267. The van der Waals surface area contributed by atoms with Crippen LogP contribution >= 0.6 is 0 Å². The zero-order valence-corrected chi connectivity index (χ0v) is 11.9. The third kappa shape index (κ3) is 3.68. The lowest BCUT2D eigenvalue weighted by Crippen LogP contribution is -2.23. The van der Waals surface area contributed by atoms with Crippen LogP contribution in [-0.2, 0) is 6.54 Å². The molecule has 0 aliphatic carbocycles. The summed E-state index contributed by atoms with van der Waals surface area (Å²) in [5.41, 5.74) is 1.16. The van der Waals surface area contributed by atoms with Gasteiger partial charge in [0.25, 0.3) is 5.91 Å². The lowest BCUT2D eigenvalue weighted by atomic mass is 10.1. The van der Waals surface area contributed by atoms with Crippen molar-refractivity contribution in [2.45, 2.75) is 26.4 Å². The molecule has 0 atom stereocenters. The van der Waals surface area contributed by atoms with Crippen LogP contribution in [0.5, 0.6) is 0 Å². The number of carboxylic acids is 1. The average molecular weight is 287 g/mol. The minimum absolute atomic E-state index is 0.0896. The predicted octanol–water partition coefficient (Wildman–Crippen LogP) is 2.09. The van der Waals surface area contributed by atoms with E-state index in [1.165, 1.54) is 12.1 Å². The molecule has 2 rings (SSSR count). The van der Waals surface area contributed by atoms with E-state index in [1.807, 2.05) is 30.8 Å². The van der Waals surface area contributed by atoms with Crippen molar-refractivity contribution < 1.29 is 14.7 Å². The normalized spacial score (nSPS) is 10.6. The van der Waals surface area contributed by atoms with E-state index in [1.54, 1.807) is 12.1 Å². The van der Waals surface area contributed by atoms with Gasteiger partial charge in [0.2, 0.25) is 0 Å². The number of benzene rings is 1. The summed E-state index contributed by atoms with van der Waals surface area (Å²) in [6.45, 7) is 4.34. The van der Waals surface area contributed by atoms with E-state index in [-0.39, 0.29) is 17.5 Å². The number of hydrogen-bond donors (Lipinski definition) is 2. The number of nitrogens with zero attached hydrogens (tertiary/aromatic N) is 2. The van der Waals surface area contributed by atoms with Crippen LogP contribution in [-0.4, -0.2) is 26.8 Å². The van der Waals surface area contributed by atoms with Gasteiger partial charge in [-0.05, 0) is 38.1 Å². The summed E-state index contributed by atoms with van der Waals surface area (Å²) in [5.74, 6) is -1.38. The average Bonchev–Trinajstić information content (AvgIpc) is 2.94. The first-order chi connectivity index (χ1) is 9.97. The number of amides is 1. The van der Waals surface area contributed by atoms with Crippen LogP contribution in [0.25, 0.3) is 0 Å². The van der Waals surface area contributed by atoms with Crippen LogP contribution < -0.4 is 5.32 Å². The Bertz CT molecular complexity index is 662. The molecule has 110 valence electrons. The summed E-state index contributed by atoms with van der Waals surface area (Å²) in [6, 6.07) is 8.03. The van der Waals surface area contributed by atoms with Crippen LogP contribution in [0, 0.1) is 0 Å². The standard InChI is InChI=1S/C15H17N3O3/c1-10(2)18-7-6-13(17-18)9-16-14(19)11-4-3-5-12(8-11)15(20)21/h3-8,10H,9H2,1-2H3,(H,16,19)(H,20,21). The molecule has 1 aromatic heterocycles. The molecule has 0 radical (unpaired) electrons. The molecule has 1 aromatic carbocycles. The molecule has 0 spiro atoms. The van der Waals surface area contributed by atoms with Gasteiger partial charge in [0.1, 0.15) is 0 Å². The van der Waals surface area contributed by atoms with E-state index in [0.717, 1.165) is 5.69 Å². The predicted molar refractivity (Wildman–Crippen MR) is 77.2 cm³/mol. The van der Waals surface area contributed by atoms with Crippen LogP contribution in [0.4, 0.5) is 0 Å². The van der Waals surface area contributed by atoms with Crippen molar-refractivity contribution in [2.24, 2.45) is 0 Å². The monoisotopic (exact) mass is 287 g/mol. The molecule has 0 unspecified atom stereocenters. The lowest BCUT2D eigenvalue weighted by Gasteiger charge is -2.05. The minimum atomic E-state index is -1.06. The molecule has 1 amide bonds. The maximum atomic E-state index is 12.0. The Morgan fingerprint density at radius 2 is 2.00 bits per heavy atom. The van der Waals surface area contributed by atoms with Gasteiger partial charge in [-0.3, -0.25) is 9.48 Å². The van der Waals surface area contributed by atoms with Gasteiger partial charge in [-0.2, -0.15) is 5.10 Å². The van der Waals surface area contributed by atoms with Crippen molar-refractivity contribution in [1.82, 2.24) is 15.1 Å². The van der Waals surface area contributed by atoms with Crippen molar-refractivity contribution in [3.05, 3.63) is 53.3 Å². The van der Waals surface area contributed by atoms with E-state index in [2.05, 4.69) is 10.4 Å². The number of aromatic carboxylic acids is 1. The topological polar surface area (TPSA) is 84.2 Å². The number of carboxylic acid groups (broad SMARTS) is 1. The summed E-state index contributed by atoms with van der Waals surface area (Å²) in [7, 11) is 0. The molecule has 0 fully saturated rings. The van der Waals surface area contributed by atoms with Gasteiger partial charge in [0, 0.05) is 17.8 Å². The second kappa shape index (κ2) is 6.21. The summed E-state index contributed by atoms with van der Waals surface area (Å²) >= 11 is 0. The Morgan fingerprint density at radius 1 is 1.29 bits per heavy atom. The van der Waals surface area contributed by atoms with E-state index in [4.69, 9.17) is 5.11 Å². The van der Waals surface area contributed by atoms with E-state index in [9.17, 15) is 9.59 Å². The number of carbonyl (C=O) groups is 2. The second-order valence-corrected chi connectivity index (χ2v) is 4.95. The van der Waals surface area contributed by atoms with Gasteiger partial charge >= 0.3 is 5.97 Å². The van der Waals surface area contributed by atoms with Crippen molar-refractivity contribution >= 4 is 11.9 Å². The first-order valence-electron chi connectivity index (χ1n) is 6.63. The number of aromatic nitrogens is 2. The maximum absolute atomic E-state index is 12.0. The third-order valence-corrected chi connectivity index (χ3v) is 2.99. The molecule has 21 heavy (non-hydrogen) atoms. The van der Waals surface area contributed by atoms with Crippen LogP contribution in [0.15, 0.2) is 36.5 Å². The smallest absolute Gasteiger partial charge is 0.335 e. The fourth-order valence-corrected chi connectivity index (χ4v) is 1.83. The summed E-state index contributed by atoms with van der Waals surface area (Å²) < 4.78 is 1.81. The highest BCUT2D eigenvalue weighted by Gasteiger charge is 2.10. The fourth-order valence-electron chi connectivity index (χ4n) is 1.83. The molecule has 0 saturated heterocycles. The van der Waals surface area contributed by atoms with Gasteiger partial charge in [0.05, 0.1) is 17.8 Å². The van der Waals surface area contributed by atoms with E-state index in [0.29, 0.717) is 12.1 Å². The SMILES string of the molecule is CC(C)n1ccc(CNC(=O)c2cccc(C(=O)O)c2)n1. The van der Waals surface area contributed by atoms with Crippen LogP contribution in [0.2, 0.25) is 0 Å². The highest BCUT2D eigenvalue weighted by Crippen LogP contribution is 2.07. The van der Waals surface area contributed by atoms with Crippen molar-refractivity contribution in [1.29, 1.82) is 0 Å². The van der Waals surface area contributed by atoms with E-state index >= 15 is 0 Å². The zero-order chi connectivity index (χ0) is 15.4. The Kier molecular flexibility index (Phi) is 4.37. The molecule has 1 heterocycles.